The first-order valence-corrected chi connectivity index (χ1v) is 22.4. The van der Waals surface area contributed by atoms with Crippen molar-refractivity contribution in [3.8, 4) is 17.1 Å². The standard InChI is InChI=1S/C60H43N5/c61-60(62-59-41(35-39-15-2-1-3-16-39)30-29-40-17-4-5-20-46(40)59)42-18-14-19-43(36-42)65-57-37-44(63-53-25-10-6-21-47(53)48-22-7-11-26-54(48)63)31-33-51(57)52-34-32-45(38-58(52)65)64-55-27-12-8-23-49(55)50-24-9-13-28-56(50)64/h1-34,36-38,60,62H,35,61H2. The average molecular weight is 834 g/mol. The van der Waals surface area contributed by atoms with E-state index in [-0.39, 0.29) is 0 Å². The van der Waals surface area contributed by atoms with Crippen LogP contribution in [0.3, 0.4) is 0 Å². The Bertz CT molecular complexity index is 3700. The van der Waals surface area contributed by atoms with Crippen LogP contribution in [0.15, 0.2) is 224 Å². The summed E-state index contributed by atoms with van der Waals surface area (Å²) in [5, 5.41) is 13.5. The van der Waals surface area contributed by atoms with Gasteiger partial charge in [0.25, 0.3) is 0 Å². The highest BCUT2D eigenvalue weighted by atomic mass is 15.0. The summed E-state index contributed by atoms with van der Waals surface area (Å²) in [6.45, 7) is 0. The van der Waals surface area contributed by atoms with E-state index in [1.807, 2.05) is 0 Å². The Kier molecular flexibility index (Phi) is 8.51. The van der Waals surface area contributed by atoms with E-state index in [4.69, 9.17) is 5.73 Å². The fourth-order valence-corrected chi connectivity index (χ4v) is 10.5. The highest BCUT2D eigenvalue weighted by Gasteiger charge is 2.20. The van der Waals surface area contributed by atoms with Crippen molar-refractivity contribution in [1.29, 1.82) is 0 Å². The number of aromatic nitrogens is 3. The highest BCUT2D eigenvalue weighted by molar-refractivity contribution is 6.13. The van der Waals surface area contributed by atoms with Gasteiger partial charge in [0, 0.05) is 60.5 Å². The predicted molar refractivity (Wildman–Crippen MR) is 273 cm³/mol. The van der Waals surface area contributed by atoms with Crippen LogP contribution < -0.4 is 11.1 Å². The second-order valence-electron chi connectivity index (χ2n) is 17.2. The molecule has 0 saturated carbocycles. The van der Waals surface area contributed by atoms with E-state index in [2.05, 4.69) is 243 Å². The van der Waals surface area contributed by atoms with Gasteiger partial charge in [-0.05, 0) is 89.2 Å². The van der Waals surface area contributed by atoms with Crippen molar-refractivity contribution < 1.29 is 0 Å². The predicted octanol–water partition coefficient (Wildman–Crippen LogP) is 14.8. The van der Waals surface area contributed by atoms with Gasteiger partial charge in [-0.2, -0.15) is 0 Å². The number of nitrogens with two attached hydrogens (primary N) is 1. The summed E-state index contributed by atoms with van der Waals surface area (Å²) in [6.07, 6.45) is 0.315. The molecule has 0 saturated heterocycles. The van der Waals surface area contributed by atoms with Crippen LogP contribution in [-0.2, 0) is 6.42 Å². The van der Waals surface area contributed by atoms with Gasteiger partial charge in [0.15, 0.2) is 0 Å². The molecule has 0 radical (unpaired) electrons. The molecule has 13 aromatic rings. The molecule has 0 aliphatic rings. The van der Waals surface area contributed by atoms with Gasteiger partial charge in [0.05, 0.1) is 33.1 Å². The van der Waals surface area contributed by atoms with E-state index in [0.29, 0.717) is 0 Å². The van der Waals surface area contributed by atoms with Crippen molar-refractivity contribution in [1.82, 2.24) is 13.7 Å². The molecule has 1 atom stereocenters. The lowest BCUT2D eigenvalue weighted by Crippen LogP contribution is -2.21. The van der Waals surface area contributed by atoms with Crippen molar-refractivity contribution in [2.45, 2.75) is 12.6 Å². The molecular formula is C60H43N5. The maximum atomic E-state index is 7.29. The number of benzene rings is 10. The molecule has 10 aromatic carbocycles. The summed E-state index contributed by atoms with van der Waals surface area (Å²) in [5.41, 5.74) is 22.1. The highest BCUT2D eigenvalue weighted by Crippen LogP contribution is 2.40. The van der Waals surface area contributed by atoms with E-state index in [9.17, 15) is 0 Å². The van der Waals surface area contributed by atoms with Crippen LogP contribution in [0.5, 0.6) is 0 Å². The van der Waals surface area contributed by atoms with E-state index in [0.717, 1.165) is 51.2 Å². The molecule has 0 bridgehead atoms. The number of para-hydroxylation sites is 4. The molecule has 1 unspecified atom stereocenters. The van der Waals surface area contributed by atoms with Gasteiger partial charge >= 0.3 is 0 Å². The summed E-state index contributed by atoms with van der Waals surface area (Å²) >= 11 is 0. The lowest BCUT2D eigenvalue weighted by molar-refractivity contribution is 0.833. The Morgan fingerprint density at radius 3 is 1.35 bits per heavy atom. The van der Waals surface area contributed by atoms with Crippen LogP contribution in [-0.4, -0.2) is 13.7 Å². The monoisotopic (exact) mass is 833 g/mol. The van der Waals surface area contributed by atoms with Gasteiger partial charge in [0.2, 0.25) is 0 Å². The zero-order valence-corrected chi connectivity index (χ0v) is 35.6. The molecule has 0 fully saturated rings. The minimum absolute atomic E-state index is 0.482. The van der Waals surface area contributed by atoms with E-state index < -0.39 is 6.17 Å². The van der Waals surface area contributed by atoms with E-state index >= 15 is 0 Å². The number of nitrogens with one attached hydrogen (secondary N) is 1. The van der Waals surface area contributed by atoms with Gasteiger partial charge in [-0.1, -0.05) is 164 Å². The summed E-state index contributed by atoms with van der Waals surface area (Å²) in [7, 11) is 0. The lowest BCUT2D eigenvalue weighted by Gasteiger charge is -2.22. The van der Waals surface area contributed by atoms with Crippen molar-refractivity contribution in [3.05, 3.63) is 241 Å². The topological polar surface area (TPSA) is 52.8 Å². The van der Waals surface area contributed by atoms with Gasteiger partial charge in [-0.3, -0.25) is 0 Å². The van der Waals surface area contributed by atoms with Gasteiger partial charge in [-0.25, -0.2) is 0 Å². The van der Waals surface area contributed by atoms with Crippen LogP contribution in [0.1, 0.15) is 22.9 Å². The maximum absolute atomic E-state index is 7.29. The molecule has 308 valence electrons. The second kappa shape index (κ2) is 14.9. The number of nitrogens with zero attached hydrogens (tertiary/aromatic N) is 3. The molecule has 3 aromatic heterocycles. The molecule has 5 heteroatoms. The smallest absolute Gasteiger partial charge is 0.101 e. The Labute approximate surface area is 375 Å². The number of rotatable bonds is 8. The van der Waals surface area contributed by atoms with Gasteiger partial charge in [0.1, 0.15) is 6.17 Å². The van der Waals surface area contributed by atoms with Gasteiger partial charge < -0.3 is 24.8 Å². The average Bonchev–Trinajstić information content (AvgIpc) is 4.00. The molecule has 0 aliphatic heterocycles. The first kappa shape index (κ1) is 37.2. The molecule has 3 heterocycles. The summed E-state index contributed by atoms with van der Waals surface area (Å²) < 4.78 is 7.25. The molecule has 0 aliphatic carbocycles. The Morgan fingerprint density at radius 1 is 0.354 bits per heavy atom. The third-order valence-corrected chi connectivity index (χ3v) is 13.5. The molecule has 0 amide bonds. The van der Waals surface area contributed by atoms with Crippen LogP contribution >= 0.6 is 0 Å². The second-order valence-corrected chi connectivity index (χ2v) is 17.2. The minimum Gasteiger partial charge on any atom is -0.365 e. The Morgan fingerprint density at radius 2 is 0.800 bits per heavy atom. The van der Waals surface area contributed by atoms with E-state index in [1.54, 1.807) is 0 Å². The van der Waals surface area contributed by atoms with Crippen molar-refractivity contribution in [2.75, 3.05) is 5.32 Å². The van der Waals surface area contributed by atoms with Crippen molar-refractivity contribution in [2.24, 2.45) is 5.73 Å². The van der Waals surface area contributed by atoms with E-state index in [1.165, 1.54) is 70.9 Å². The van der Waals surface area contributed by atoms with Gasteiger partial charge in [-0.15, -0.1) is 0 Å². The van der Waals surface area contributed by atoms with Crippen molar-refractivity contribution in [3.63, 3.8) is 0 Å². The molecule has 65 heavy (non-hydrogen) atoms. The first-order valence-electron chi connectivity index (χ1n) is 22.4. The number of anilines is 1. The largest absolute Gasteiger partial charge is 0.365 e. The summed E-state index contributed by atoms with van der Waals surface area (Å²) in [4.78, 5) is 0. The number of hydrogen-bond acceptors (Lipinski definition) is 2. The number of hydrogen-bond donors (Lipinski definition) is 2. The third-order valence-electron chi connectivity index (χ3n) is 13.5. The molecule has 13 rings (SSSR count). The fourth-order valence-electron chi connectivity index (χ4n) is 10.5. The van der Waals surface area contributed by atoms with Crippen LogP contribution in [0.2, 0.25) is 0 Å². The maximum Gasteiger partial charge on any atom is 0.101 e. The van der Waals surface area contributed by atoms with Crippen LogP contribution in [0, 0.1) is 0 Å². The Balaban J connectivity index is 1.01. The minimum atomic E-state index is -0.482. The third kappa shape index (κ3) is 5.97. The van der Waals surface area contributed by atoms with Crippen LogP contribution in [0.25, 0.3) is 93.3 Å². The van der Waals surface area contributed by atoms with Crippen molar-refractivity contribution >= 4 is 81.9 Å². The molecule has 0 spiro atoms. The zero-order valence-electron chi connectivity index (χ0n) is 35.6. The quantitative estimate of drug-likeness (QED) is 0.150. The molecule has 5 nitrogen and oxygen atoms in total. The summed E-state index contributed by atoms with van der Waals surface area (Å²) in [5.74, 6) is 0. The summed E-state index contributed by atoms with van der Waals surface area (Å²) in [6, 6.07) is 81.2. The fraction of sp³-hybridized carbons (Fsp3) is 0.0333. The number of fused-ring (bicyclic) bond motifs is 10. The first-order chi connectivity index (χ1) is 32.2. The van der Waals surface area contributed by atoms with Crippen LogP contribution in [0.4, 0.5) is 5.69 Å². The normalized spacial score (nSPS) is 12.4. The Hall–Kier alpha value is -8.38. The molecule has 3 N–H and O–H groups in total. The molecular weight excluding hydrogens is 791 g/mol. The lowest BCUT2D eigenvalue weighted by atomic mass is 9.98. The SMILES string of the molecule is NC(Nc1c(Cc2ccccc2)ccc2ccccc12)c1cccc(-n2c3cc(-n4c5ccccc5c5ccccc54)ccc3c3ccc(-n4c5ccccc5c5ccccc54)cc32)c1. The zero-order chi connectivity index (χ0) is 43.0.